The number of carbonyl (C=O) groups is 3. The number of anilines is 2. The molecular formula is C35H29N3O3S2. The van der Waals surface area contributed by atoms with Crippen LogP contribution in [0.5, 0.6) is 0 Å². The third kappa shape index (κ3) is 8.31. The Bertz CT molecular complexity index is 1700. The van der Waals surface area contributed by atoms with Crippen LogP contribution >= 0.6 is 23.1 Å². The van der Waals surface area contributed by atoms with E-state index in [0.717, 1.165) is 26.6 Å². The van der Waals surface area contributed by atoms with Crippen molar-refractivity contribution in [2.45, 2.75) is 17.1 Å². The highest BCUT2D eigenvalue weighted by atomic mass is 32.2. The van der Waals surface area contributed by atoms with Crippen LogP contribution in [0.4, 0.5) is 11.4 Å². The standard InChI is InChI=1S/C35H29N3O3S2/c1-24-14-16-27(17-15-24)37-35(41)32(25-9-4-2-5-10-25)43-29-20-18-28(19-21-29)36-34(40)31(23-30-13-8-22-42-30)38-33(39)26-11-6-3-7-12-26/h2-23,32H,1H3,(H,36,40)(H,37,41)(H,38,39)/b31-23-. The summed E-state index contributed by atoms with van der Waals surface area (Å²) in [4.78, 5) is 41.2. The smallest absolute Gasteiger partial charge is 0.272 e. The average Bonchev–Trinajstić information content (AvgIpc) is 3.55. The summed E-state index contributed by atoms with van der Waals surface area (Å²) < 4.78 is 0. The maximum Gasteiger partial charge on any atom is 0.272 e. The number of aryl methyl sites for hydroxylation is 1. The second-order valence-electron chi connectivity index (χ2n) is 9.64. The molecule has 0 spiro atoms. The molecule has 3 N–H and O–H groups in total. The fraction of sp³-hybridized carbons (Fsp3) is 0.0571. The first-order chi connectivity index (χ1) is 20.9. The van der Waals surface area contributed by atoms with E-state index in [4.69, 9.17) is 0 Å². The predicted molar refractivity (Wildman–Crippen MR) is 176 cm³/mol. The molecule has 5 rings (SSSR count). The zero-order valence-corrected chi connectivity index (χ0v) is 25.0. The molecule has 0 fully saturated rings. The molecule has 0 aliphatic carbocycles. The van der Waals surface area contributed by atoms with E-state index in [1.165, 1.54) is 23.1 Å². The van der Waals surface area contributed by atoms with E-state index >= 15 is 0 Å². The summed E-state index contributed by atoms with van der Waals surface area (Å²) in [6.07, 6.45) is 1.65. The molecule has 6 nitrogen and oxygen atoms in total. The van der Waals surface area contributed by atoms with Crippen molar-refractivity contribution in [1.82, 2.24) is 5.32 Å². The van der Waals surface area contributed by atoms with Crippen molar-refractivity contribution in [3.05, 3.63) is 154 Å². The van der Waals surface area contributed by atoms with Crippen LogP contribution in [0.2, 0.25) is 0 Å². The van der Waals surface area contributed by atoms with E-state index in [2.05, 4.69) is 16.0 Å². The molecule has 0 saturated heterocycles. The normalized spacial score (nSPS) is 11.8. The summed E-state index contributed by atoms with van der Waals surface area (Å²) >= 11 is 2.89. The molecule has 8 heteroatoms. The first-order valence-electron chi connectivity index (χ1n) is 13.6. The van der Waals surface area contributed by atoms with Crippen molar-refractivity contribution in [3.8, 4) is 0 Å². The lowest BCUT2D eigenvalue weighted by atomic mass is 10.1. The van der Waals surface area contributed by atoms with Crippen molar-refractivity contribution < 1.29 is 14.4 Å². The van der Waals surface area contributed by atoms with Crippen LogP contribution in [-0.4, -0.2) is 17.7 Å². The highest BCUT2D eigenvalue weighted by molar-refractivity contribution is 8.00. The number of thiophene rings is 1. The minimum absolute atomic E-state index is 0.130. The van der Waals surface area contributed by atoms with Crippen molar-refractivity contribution in [3.63, 3.8) is 0 Å². The van der Waals surface area contributed by atoms with Crippen LogP contribution < -0.4 is 16.0 Å². The van der Waals surface area contributed by atoms with E-state index in [9.17, 15) is 14.4 Å². The van der Waals surface area contributed by atoms with Gasteiger partial charge in [-0.15, -0.1) is 23.1 Å². The fourth-order valence-corrected chi connectivity index (χ4v) is 5.84. The van der Waals surface area contributed by atoms with Gasteiger partial charge >= 0.3 is 0 Å². The van der Waals surface area contributed by atoms with Crippen molar-refractivity contribution in [2.75, 3.05) is 10.6 Å². The highest BCUT2D eigenvalue weighted by Crippen LogP contribution is 2.36. The van der Waals surface area contributed by atoms with Crippen molar-refractivity contribution in [2.24, 2.45) is 0 Å². The number of benzene rings is 4. The van der Waals surface area contributed by atoms with Gasteiger partial charge in [0, 0.05) is 26.7 Å². The molecule has 5 aromatic rings. The molecular weight excluding hydrogens is 575 g/mol. The first kappa shape index (κ1) is 29.6. The van der Waals surface area contributed by atoms with E-state index in [0.29, 0.717) is 11.3 Å². The predicted octanol–water partition coefficient (Wildman–Crippen LogP) is 7.94. The second kappa shape index (κ2) is 14.3. The summed E-state index contributed by atoms with van der Waals surface area (Å²) in [5.41, 5.74) is 3.88. The van der Waals surface area contributed by atoms with E-state index < -0.39 is 11.2 Å². The molecule has 0 aliphatic rings. The zero-order valence-electron chi connectivity index (χ0n) is 23.3. The molecule has 43 heavy (non-hydrogen) atoms. The number of thioether (sulfide) groups is 1. The largest absolute Gasteiger partial charge is 0.325 e. The van der Waals surface area contributed by atoms with Gasteiger partial charge in [0.2, 0.25) is 5.91 Å². The molecule has 0 radical (unpaired) electrons. The summed E-state index contributed by atoms with van der Waals surface area (Å²) in [6, 6.07) is 37.1. The maximum absolute atomic E-state index is 13.4. The van der Waals surface area contributed by atoms with Crippen LogP contribution in [0.1, 0.15) is 31.6 Å². The monoisotopic (exact) mass is 603 g/mol. The van der Waals surface area contributed by atoms with E-state index in [1.54, 1.807) is 42.5 Å². The molecule has 1 unspecified atom stereocenters. The molecule has 1 aromatic heterocycles. The van der Waals surface area contributed by atoms with Gasteiger partial charge in [0.05, 0.1) is 0 Å². The van der Waals surface area contributed by atoms with Crippen LogP contribution in [0.3, 0.4) is 0 Å². The average molecular weight is 604 g/mol. The Labute approximate surface area is 258 Å². The minimum Gasteiger partial charge on any atom is -0.325 e. The summed E-state index contributed by atoms with van der Waals surface area (Å²) in [5.74, 6) is -0.950. The van der Waals surface area contributed by atoms with Crippen LogP contribution in [0.25, 0.3) is 6.08 Å². The number of nitrogens with one attached hydrogen (secondary N) is 3. The molecule has 0 saturated carbocycles. The minimum atomic E-state index is -0.489. The Morgan fingerprint density at radius 1 is 0.721 bits per heavy atom. The molecule has 1 atom stereocenters. The summed E-state index contributed by atoms with van der Waals surface area (Å²) in [7, 11) is 0. The van der Waals surface area contributed by atoms with Gasteiger partial charge in [0.15, 0.2) is 0 Å². The van der Waals surface area contributed by atoms with Crippen LogP contribution in [-0.2, 0) is 9.59 Å². The Hall–Kier alpha value is -4.92. The first-order valence-corrected chi connectivity index (χ1v) is 15.3. The number of carbonyl (C=O) groups excluding carboxylic acids is 3. The van der Waals surface area contributed by atoms with Gasteiger partial charge in [0.1, 0.15) is 10.9 Å². The number of hydrogen-bond donors (Lipinski definition) is 3. The Kier molecular flexibility index (Phi) is 9.84. The van der Waals surface area contributed by atoms with Gasteiger partial charge in [0.25, 0.3) is 11.8 Å². The van der Waals surface area contributed by atoms with E-state index in [-0.39, 0.29) is 17.5 Å². The third-order valence-electron chi connectivity index (χ3n) is 6.38. The molecule has 214 valence electrons. The Balaban J connectivity index is 1.30. The Morgan fingerprint density at radius 3 is 2.00 bits per heavy atom. The van der Waals surface area contributed by atoms with E-state index in [1.807, 2.05) is 97.2 Å². The number of rotatable bonds is 10. The molecule has 1 heterocycles. The molecule has 0 bridgehead atoms. The fourth-order valence-electron chi connectivity index (χ4n) is 4.15. The lowest BCUT2D eigenvalue weighted by molar-refractivity contribution is -0.116. The number of amides is 3. The molecule has 3 amide bonds. The van der Waals surface area contributed by atoms with Gasteiger partial charge in [-0.3, -0.25) is 14.4 Å². The SMILES string of the molecule is Cc1ccc(NC(=O)C(Sc2ccc(NC(=O)/C(=C/c3cccs3)NC(=O)c3ccccc3)cc2)c2ccccc2)cc1. The topological polar surface area (TPSA) is 87.3 Å². The maximum atomic E-state index is 13.4. The van der Waals surface area contributed by atoms with Gasteiger partial charge < -0.3 is 16.0 Å². The Morgan fingerprint density at radius 2 is 1.35 bits per heavy atom. The lowest BCUT2D eigenvalue weighted by Gasteiger charge is -2.17. The van der Waals surface area contributed by atoms with Crippen molar-refractivity contribution >= 4 is 58.3 Å². The van der Waals surface area contributed by atoms with Gasteiger partial charge in [-0.05, 0) is 78.5 Å². The van der Waals surface area contributed by atoms with Crippen molar-refractivity contribution in [1.29, 1.82) is 0 Å². The second-order valence-corrected chi connectivity index (χ2v) is 11.8. The van der Waals surface area contributed by atoms with Crippen LogP contribution in [0.15, 0.2) is 137 Å². The van der Waals surface area contributed by atoms with Crippen LogP contribution in [0, 0.1) is 6.92 Å². The molecule has 4 aromatic carbocycles. The quantitative estimate of drug-likeness (QED) is 0.112. The summed E-state index contributed by atoms with van der Waals surface area (Å²) in [6.45, 7) is 2.00. The lowest BCUT2D eigenvalue weighted by Crippen LogP contribution is -2.30. The van der Waals surface area contributed by atoms with Gasteiger partial charge in [-0.25, -0.2) is 0 Å². The highest BCUT2D eigenvalue weighted by Gasteiger charge is 2.22. The number of hydrogen-bond acceptors (Lipinski definition) is 5. The third-order valence-corrected chi connectivity index (χ3v) is 8.47. The molecule has 0 aliphatic heterocycles. The van der Waals surface area contributed by atoms with Gasteiger partial charge in [-0.1, -0.05) is 72.3 Å². The summed E-state index contributed by atoms with van der Waals surface area (Å²) in [5, 5.41) is 10.1. The van der Waals surface area contributed by atoms with Gasteiger partial charge in [-0.2, -0.15) is 0 Å². The zero-order chi connectivity index (χ0) is 30.0.